The van der Waals surface area contributed by atoms with Gasteiger partial charge in [-0.15, -0.1) is 24.0 Å². The fourth-order valence-corrected chi connectivity index (χ4v) is 3.44. The topological polar surface area (TPSA) is 58.1 Å². The lowest BCUT2D eigenvalue weighted by Gasteiger charge is -2.45. The molecule has 2 saturated heterocycles. The zero-order valence-electron chi connectivity index (χ0n) is 14.6. The number of nitrogens with zero attached hydrogens (tertiary/aromatic N) is 2. The van der Waals surface area contributed by atoms with Crippen LogP contribution in [0, 0.1) is 0 Å². The molecular weight excluding hydrogens is 407 g/mol. The molecule has 0 spiro atoms. The Morgan fingerprint density at radius 1 is 1.22 bits per heavy atom. The highest BCUT2D eigenvalue weighted by atomic mass is 127. The van der Waals surface area contributed by atoms with Gasteiger partial charge in [-0.3, -0.25) is 9.89 Å². The Kier molecular flexibility index (Phi) is 10.4. The van der Waals surface area contributed by atoms with Gasteiger partial charge in [-0.1, -0.05) is 0 Å². The number of aliphatic imine (C=N–C) groups is 1. The van der Waals surface area contributed by atoms with Gasteiger partial charge < -0.3 is 20.1 Å². The predicted octanol–water partition coefficient (Wildman–Crippen LogP) is 1.45. The fourth-order valence-electron chi connectivity index (χ4n) is 3.44. The second kappa shape index (κ2) is 11.4. The van der Waals surface area contributed by atoms with Crippen molar-refractivity contribution < 1.29 is 9.47 Å². The Labute approximate surface area is 157 Å². The third-order valence-corrected chi connectivity index (χ3v) is 4.83. The summed E-state index contributed by atoms with van der Waals surface area (Å²) in [5, 5.41) is 6.90. The van der Waals surface area contributed by atoms with Gasteiger partial charge in [-0.25, -0.2) is 0 Å². The van der Waals surface area contributed by atoms with Gasteiger partial charge >= 0.3 is 0 Å². The van der Waals surface area contributed by atoms with Crippen LogP contribution < -0.4 is 10.6 Å². The zero-order chi connectivity index (χ0) is 15.7. The maximum atomic E-state index is 5.60. The third-order valence-electron chi connectivity index (χ3n) is 4.83. The quantitative estimate of drug-likeness (QED) is 0.272. The largest absolute Gasteiger partial charge is 0.385 e. The van der Waals surface area contributed by atoms with E-state index in [1.807, 2.05) is 7.05 Å². The van der Waals surface area contributed by atoms with Crippen molar-refractivity contribution in [1.29, 1.82) is 0 Å². The van der Waals surface area contributed by atoms with Crippen molar-refractivity contribution in [2.75, 3.05) is 60.2 Å². The third kappa shape index (κ3) is 6.36. The van der Waals surface area contributed by atoms with Crippen LogP contribution in [0.1, 0.15) is 32.1 Å². The number of hydrogen-bond donors (Lipinski definition) is 2. The molecule has 23 heavy (non-hydrogen) atoms. The van der Waals surface area contributed by atoms with Crippen LogP contribution in [-0.4, -0.2) is 76.6 Å². The number of methoxy groups -OCH3 is 1. The van der Waals surface area contributed by atoms with E-state index in [1.165, 1.54) is 25.9 Å². The van der Waals surface area contributed by atoms with Crippen LogP contribution in [-0.2, 0) is 9.47 Å². The summed E-state index contributed by atoms with van der Waals surface area (Å²) in [4.78, 5) is 7.00. The van der Waals surface area contributed by atoms with Crippen molar-refractivity contribution in [1.82, 2.24) is 15.5 Å². The Morgan fingerprint density at radius 2 is 1.91 bits per heavy atom. The minimum atomic E-state index is 0. The van der Waals surface area contributed by atoms with E-state index in [4.69, 9.17) is 9.47 Å². The molecule has 0 amide bonds. The van der Waals surface area contributed by atoms with Crippen molar-refractivity contribution in [2.24, 2.45) is 4.99 Å². The number of guanidine groups is 1. The first kappa shape index (κ1) is 20.9. The average molecular weight is 440 g/mol. The summed E-state index contributed by atoms with van der Waals surface area (Å²) < 4.78 is 10.7. The van der Waals surface area contributed by atoms with Crippen LogP contribution >= 0.6 is 24.0 Å². The second-order valence-electron chi connectivity index (χ2n) is 6.23. The molecule has 2 aliphatic rings. The Bertz CT molecular complexity index is 343. The van der Waals surface area contributed by atoms with Gasteiger partial charge in [-0.2, -0.15) is 0 Å². The first-order valence-corrected chi connectivity index (χ1v) is 8.57. The number of likely N-dealkylation sites (tertiary alicyclic amines) is 1. The van der Waals surface area contributed by atoms with E-state index >= 15 is 0 Å². The van der Waals surface area contributed by atoms with Gasteiger partial charge in [0.05, 0.1) is 0 Å². The van der Waals surface area contributed by atoms with Crippen molar-refractivity contribution in [3.05, 3.63) is 0 Å². The monoisotopic (exact) mass is 440 g/mol. The maximum absolute atomic E-state index is 5.60. The van der Waals surface area contributed by atoms with Gasteiger partial charge in [0.25, 0.3) is 0 Å². The molecule has 136 valence electrons. The minimum absolute atomic E-state index is 0. The highest BCUT2D eigenvalue weighted by molar-refractivity contribution is 14.0. The molecule has 2 heterocycles. The normalized spacial score (nSPS) is 21.7. The van der Waals surface area contributed by atoms with Crippen LogP contribution in [0.3, 0.4) is 0 Å². The lowest BCUT2D eigenvalue weighted by atomic mass is 9.88. The lowest BCUT2D eigenvalue weighted by molar-refractivity contribution is -0.0164. The number of ether oxygens (including phenoxy) is 2. The molecule has 2 aliphatic heterocycles. The summed E-state index contributed by atoms with van der Waals surface area (Å²) in [7, 11) is 3.57. The Morgan fingerprint density at radius 3 is 2.52 bits per heavy atom. The molecule has 0 bridgehead atoms. The molecular formula is C16H33IN4O2. The van der Waals surface area contributed by atoms with E-state index in [0.717, 1.165) is 58.1 Å². The fraction of sp³-hybridized carbons (Fsp3) is 0.938. The molecule has 2 rings (SSSR count). The SMILES string of the molecule is CN=C(NCCCOC)NCC1(N2CCCC2)CCOCC1.I. The summed E-state index contributed by atoms with van der Waals surface area (Å²) in [5.41, 5.74) is 0.235. The van der Waals surface area contributed by atoms with Gasteiger partial charge in [0.1, 0.15) is 0 Å². The van der Waals surface area contributed by atoms with Crippen LogP contribution in [0.5, 0.6) is 0 Å². The van der Waals surface area contributed by atoms with Crippen LogP contribution in [0.2, 0.25) is 0 Å². The van der Waals surface area contributed by atoms with Crippen LogP contribution in [0.15, 0.2) is 4.99 Å². The van der Waals surface area contributed by atoms with E-state index < -0.39 is 0 Å². The molecule has 6 nitrogen and oxygen atoms in total. The van der Waals surface area contributed by atoms with E-state index in [1.54, 1.807) is 7.11 Å². The van der Waals surface area contributed by atoms with E-state index in [9.17, 15) is 0 Å². The van der Waals surface area contributed by atoms with E-state index in [-0.39, 0.29) is 29.5 Å². The molecule has 0 saturated carbocycles. The number of nitrogens with one attached hydrogen (secondary N) is 2. The molecule has 0 aromatic rings. The molecule has 0 aromatic heterocycles. The Balaban J connectivity index is 0.00000264. The van der Waals surface area contributed by atoms with Crippen molar-refractivity contribution >= 4 is 29.9 Å². The van der Waals surface area contributed by atoms with Gasteiger partial charge in [0.15, 0.2) is 5.96 Å². The van der Waals surface area contributed by atoms with Crippen LogP contribution in [0.4, 0.5) is 0 Å². The molecule has 0 unspecified atom stereocenters. The van der Waals surface area contributed by atoms with E-state index in [0.29, 0.717) is 0 Å². The average Bonchev–Trinajstić information content (AvgIpc) is 3.10. The van der Waals surface area contributed by atoms with Crippen LogP contribution in [0.25, 0.3) is 0 Å². The molecule has 0 aliphatic carbocycles. The van der Waals surface area contributed by atoms with Gasteiger partial charge in [-0.05, 0) is 45.2 Å². The first-order valence-electron chi connectivity index (χ1n) is 8.57. The van der Waals surface area contributed by atoms with Gasteiger partial charge in [0, 0.05) is 52.6 Å². The van der Waals surface area contributed by atoms with E-state index in [2.05, 4.69) is 20.5 Å². The second-order valence-corrected chi connectivity index (χ2v) is 6.23. The molecule has 7 heteroatoms. The summed E-state index contributed by atoms with van der Waals surface area (Å²) in [6, 6.07) is 0. The lowest BCUT2D eigenvalue weighted by Crippen LogP contribution is -2.58. The maximum Gasteiger partial charge on any atom is 0.191 e. The highest BCUT2D eigenvalue weighted by Crippen LogP contribution is 2.30. The van der Waals surface area contributed by atoms with Crippen molar-refractivity contribution in [2.45, 2.75) is 37.6 Å². The number of hydrogen-bond acceptors (Lipinski definition) is 4. The molecule has 0 atom stereocenters. The smallest absolute Gasteiger partial charge is 0.191 e. The minimum Gasteiger partial charge on any atom is -0.385 e. The predicted molar refractivity (Wildman–Crippen MR) is 105 cm³/mol. The summed E-state index contributed by atoms with van der Waals surface area (Å²) >= 11 is 0. The zero-order valence-corrected chi connectivity index (χ0v) is 16.9. The number of rotatable bonds is 7. The molecule has 0 radical (unpaired) electrons. The Hall–Kier alpha value is -0.120. The van der Waals surface area contributed by atoms with Crippen molar-refractivity contribution in [3.8, 4) is 0 Å². The van der Waals surface area contributed by atoms with Crippen molar-refractivity contribution in [3.63, 3.8) is 0 Å². The molecule has 2 N–H and O–H groups in total. The molecule has 2 fully saturated rings. The standard InChI is InChI=1S/C16H32N4O2.HI/c1-17-15(18-8-5-11-21-2)19-14-16(6-12-22-13-7-16)20-9-3-4-10-20;/h3-14H2,1-2H3,(H2,17,18,19);1H. The molecule has 0 aromatic carbocycles. The van der Waals surface area contributed by atoms with Gasteiger partial charge in [0.2, 0.25) is 0 Å². The highest BCUT2D eigenvalue weighted by Gasteiger charge is 2.39. The summed E-state index contributed by atoms with van der Waals surface area (Å²) in [5.74, 6) is 0.890. The first-order chi connectivity index (χ1) is 10.8. The summed E-state index contributed by atoms with van der Waals surface area (Å²) in [6.45, 7) is 6.80. The summed E-state index contributed by atoms with van der Waals surface area (Å²) in [6.07, 6.45) is 5.86. The number of halogens is 1.